The van der Waals surface area contributed by atoms with Crippen LogP contribution in [-0.4, -0.2) is 70.4 Å². The number of aromatic nitrogens is 1. The molecular formula is C21H30N4O3S. The summed E-state index contributed by atoms with van der Waals surface area (Å²) in [6.07, 6.45) is 5.06. The van der Waals surface area contributed by atoms with Crippen LogP contribution in [0, 0.1) is 5.92 Å². The molecule has 0 spiro atoms. The van der Waals surface area contributed by atoms with Gasteiger partial charge in [0, 0.05) is 57.3 Å². The molecule has 0 radical (unpaired) electrons. The maximum Gasteiger partial charge on any atom is 0.274 e. The summed E-state index contributed by atoms with van der Waals surface area (Å²) in [5.41, 5.74) is 1.41. The molecule has 3 aliphatic rings. The van der Waals surface area contributed by atoms with Crippen molar-refractivity contribution >= 4 is 29.3 Å². The summed E-state index contributed by atoms with van der Waals surface area (Å²) < 4.78 is 1.89. The van der Waals surface area contributed by atoms with E-state index in [0.29, 0.717) is 29.3 Å². The fourth-order valence-electron chi connectivity index (χ4n) is 5.24. The highest BCUT2D eigenvalue weighted by molar-refractivity contribution is 7.99. The second-order valence-corrected chi connectivity index (χ2v) is 9.42. The molecule has 3 aliphatic heterocycles. The molecule has 158 valence electrons. The molecule has 2 atom stereocenters. The number of pyridine rings is 1. The lowest BCUT2D eigenvalue weighted by Gasteiger charge is -2.47. The van der Waals surface area contributed by atoms with Crippen molar-refractivity contribution in [2.24, 2.45) is 5.92 Å². The Morgan fingerprint density at radius 2 is 1.93 bits per heavy atom. The van der Waals surface area contributed by atoms with Crippen LogP contribution in [0.4, 0.5) is 5.69 Å². The molecule has 7 nitrogen and oxygen atoms in total. The molecule has 2 saturated heterocycles. The van der Waals surface area contributed by atoms with Gasteiger partial charge in [0.05, 0.1) is 5.75 Å². The van der Waals surface area contributed by atoms with Crippen LogP contribution in [0.3, 0.4) is 0 Å². The maximum absolute atomic E-state index is 13.0. The third-order valence-electron chi connectivity index (χ3n) is 6.61. The number of fused-ring (bicyclic) bond motifs is 4. The Kier molecular flexibility index (Phi) is 6.01. The Labute approximate surface area is 175 Å². The third kappa shape index (κ3) is 4.23. The van der Waals surface area contributed by atoms with Crippen LogP contribution in [0.15, 0.2) is 16.9 Å². The number of nitrogens with zero attached hydrogens (tertiary/aromatic N) is 3. The summed E-state index contributed by atoms with van der Waals surface area (Å²) >= 11 is 1.44. The van der Waals surface area contributed by atoms with Crippen molar-refractivity contribution in [2.75, 3.05) is 43.5 Å². The van der Waals surface area contributed by atoms with E-state index in [0.717, 1.165) is 57.7 Å². The molecule has 4 rings (SSSR count). The minimum atomic E-state index is -0.130. The van der Waals surface area contributed by atoms with Gasteiger partial charge in [-0.25, -0.2) is 0 Å². The van der Waals surface area contributed by atoms with Crippen molar-refractivity contribution in [2.45, 2.75) is 44.7 Å². The van der Waals surface area contributed by atoms with Crippen LogP contribution in [0.5, 0.6) is 0 Å². The molecule has 0 saturated carbocycles. The highest BCUT2D eigenvalue weighted by atomic mass is 32.2. The fraction of sp³-hybridized carbons (Fsp3) is 0.667. The minimum absolute atomic E-state index is 0.0742. The molecular weight excluding hydrogens is 388 g/mol. The van der Waals surface area contributed by atoms with E-state index in [1.807, 2.05) is 21.8 Å². The molecule has 0 aromatic carbocycles. The molecule has 0 aliphatic carbocycles. The molecule has 2 amide bonds. The quantitative estimate of drug-likeness (QED) is 0.804. The number of thioether (sulfide) groups is 1. The zero-order chi connectivity index (χ0) is 20.5. The van der Waals surface area contributed by atoms with E-state index in [1.54, 1.807) is 13.0 Å². The highest BCUT2D eigenvalue weighted by Gasteiger charge is 2.38. The van der Waals surface area contributed by atoms with Gasteiger partial charge in [0.1, 0.15) is 5.69 Å². The Hall–Kier alpha value is -1.80. The van der Waals surface area contributed by atoms with E-state index in [2.05, 4.69) is 10.2 Å². The number of carbonyl (C=O) groups excluding carboxylic acids is 2. The fourth-order valence-corrected chi connectivity index (χ4v) is 5.57. The number of hydrogen-bond donors (Lipinski definition) is 1. The Morgan fingerprint density at radius 3 is 2.62 bits per heavy atom. The van der Waals surface area contributed by atoms with Crippen molar-refractivity contribution in [1.82, 2.24) is 14.4 Å². The van der Waals surface area contributed by atoms with E-state index in [4.69, 9.17) is 0 Å². The summed E-state index contributed by atoms with van der Waals surface area (Å²) in [5.74, 6) is 1.21. The predicted octanol–water partition coefficient (Wildman–Crippen LogP) is 1.58. The minimum Gasteiger partial charge on any atom is -0.343 e. The van der Waals surface area contributed by atoms with Crippen LogP contribution >= 0.6 is 11.8 Å². The van der Waals surface area contributed by atoms with E-state index >= 15 is 0 Å². The molecule has 4 heterocycles. The molecule has 2 fully saturated rings. The lowest BCUT2D eigenvalue weighted by molar-refractivity contribution is -0.130. The van der Waals surface area contributed by atoms with Crippen LogP contribution < -0.4 is 10.9 Å². The van der Waals surface area contributed by atoms with E-state index in [1.165, 1.54) is 11.8 Å². The van der Waals surface area contributed by atoms with E-state index in [9.17, 15) is 14.4 Å². The summed E-state index contributed by atoms with van der Waals surface area (Å²) in [6, 6.07) is 4.33. The third-order valence-corrected chi connectivity index (χ3v) is 7.16. The molecule has 29 heavy (non-hydrogen) atoms. The second kappa shape index (κ2) is 8.52. The average Bonchev–Trinajstić information content (AvgIpc) is 2.70. The van der Waals surface area contributed by atoms with Gasteiger partial charge in [-0.2, -0.15) is 11.8 Å². The van der Waals surface area contributed by atoms with Gasteiger partial charge in [-0.1, -0.05) is 0 Å². The highest BCUT2D eigenvalue weighted by Crippen LogP contribution is 2.37. The summed E-state index contributed by atoms with van der Waals surface area (Å²) in [5, 5.41) is 2.76. The average molecular weight is 419 g/mol. The number of rotatable bonds is 4. The van der Waals surface area contributed by atoms with E-state index in [-0.39, 0.29) is 17.4 Å². The molecule has 2 bridgehead atoms. The van der Waals surface area contributed by atoms with E-state index < -0.39 is 0 Å². The van der Waals surface area contributed by atoms with Crippen LogP contribution in [0.2, 0.25) is 0 Å². The van der Waals surface area contributed by atoms with Gasteiger partial charge in [-0.05, 0) is 43.6 Å². The van der Waals surface area contributed by atoms with Crippen LogP contribution in [-0.2, 0) is 16.1 Å². The second-order valence-electron chi connectivity index (χ2n) is 8.56. The SMILES string of the molecule is CSCC(=O)Nc1ccc2n(c1=O)C[C@H]1C[C@@H]2CN(C2CCN(C(C)=O)CC2)C1. The normalized spacial score (nSPS) is 24.8. The number of nitrogens with one attached hydrogen (secondary N) is 1. The number of likely N-dealkylation sites (tertiary alicyclic amines) is 2. The zero-order valence-electron chi connectivity index (χ0n) is 17.2. The smallest absolute Gasteiger partial charge is 0.274 e. The monoisotopic (exact) mass is 418 g/mol. The van der Waals surface area contributed by atoms with Crippen molar-refractivity contribution in [3.05, 3.63) is 28.2 Å². The molecule has 1 N–H and O–H groups in total. The molecule has 0 unspecified atom stereocenters. The Balaban J connectivity index is 1.47. The van der Waals surface area contributed by atoms with Crippen molar-refractivity contribution in [3.8, 4) is 0 Å². The Morgan fingerprint density at radius 1 is 1.17 bits per heavy atom. The van der Waals surface area contributed by atoms with Crippen LogP contribution in [0.1, 0.15) is 37.8 Å². The number of hydrogen-bond acceptors (Lipinski definition) is 5. The lowest BCUT2D eigenvalue weighted by atomic mass is 9.82. The van der Waals surface area contributed by atoms with Gasteiger partial charge in [0.2, 0.25) is 11.8 Å². The van der Waals surface area contributed by atoms with Gasteiger partial charge < -0.3 is 14.8 Å². The predicted molar refractivity (Wildman–Crippen MR) is 115 cm³/mol. The summed E-state index contributed by atoms with van der Waals surface area (Å²) in [7, 11) is 0. The van der Waals surface area contributed by atoms with Gasteiger partial charge in [0.25, 0.3) is 5.56 Å². The van der Waals surface area contributed by atoms with Crippen molar-refractivity contribution in [1.29, 1.82) is 0 Å². The Bertz CT molecular complexity index is 847. The lowest BCUT2D eigenvalue weighted by Crippen LogP contribution is -2.53. The maximum atomic E-state index is 13.0. The first kappa shape index (κ1) is 20.5. The van der Waals surface area contributed by atoms with Crippen molar-refractivity contribution in [3.63, 3.8) is 0 Å². The van der Waals surface area contributed by atoms with Gasteiger partial charge >= 0.3 is 0 Å². The zero-order valence-corrected chi connectivity index (χ0v) is 18.0. The molecule has 1 aromatic rings. The van der Waals surface area contributed by atoms with Gasteiger partial charge in [0.15, 0.2) is 0 Å². The van der Waals surface area contributed by atoms with Crippen molar-refractivity contribution < 1.29 is 9.59 Å². The first-order chi connectivity index (χ1) is 14.0. The van der Waals surface area contributed by atoms with Gasteiger partial charge in [-0.15, -0.1) is 0 Å². The number of piperidine rings is 2. The number of carbonyl (C=O) groups is 2. The first-order valence-corrected chi connectivity index (χ1v) is 11.9. The largest absolute Gasteiger partial charge is 0.343 e. The first-order valence-electron chi connectivity index (χ1n) is 10.5. The van der Waals surface area contributed by atoms with Gasteiger partial charge in [-0.3, -0.25) is 19.3 Å². The summed E-state index contributed by atoms with van der Waals surface area (Å²) in [4.78, 5) is 41.0. The number of anilines is 1. The van der Waals surface area contributed by atoms with Crippen LogP contribution in [0.25, 0.3) is 0 Å². The molecule has 8 heteroatoms. The number of amides is 2. The topological polar surface area (TPSA) is 74.7 Å². The summed E-state index contributed by atoms with van der Waals surface area (Å²) in [6.45, 7) is 6.05. The molecule has 1 aromatic heterocycles. The standard InChI is InChI=1S/C21H30N4O3S/c1-14(26)23-7-5-17(6-8-23)24-10-15-9-16(12-24)19-4-3-18(21(28)25(19)11-15)22-20(27)13-29-2/h3-4,15-17H,5-13H2,1-2H3,(H,22,27)/t15-,16+/m0/s1.